The Morgan fingerprint density at radius 2 is 2.22 bits per heavy atom. The van der Waals surface area contributed by atoms with Gasteiger partial charge in [0.2, 0.25) is 0 Å². The molecule has 2 heterocycles. The Balaban J connectivity index is 1.66. The molecular weight excluding hydrogens is 375 g/mol. The summed E-state index contributed by atoms with van der Waals surface area (Å²) in [7, 11) is 0. The molecule has 27 heavy (non-hydrogen) atoms. The van der Waals surface area contributed by atoms with E-state index in [0.29, 0.717) is 31.7 Å². The van der Waals surface area contributed by atoms with Crippen molar-refractivity contribution in [1.82, 2.24) is 19.9 Å². The van der Waals surface area contributed by atoms with E-state index < -0.39 is 5.82 Å². The van der Waals surface area contributed by atoms with Crippen molar-refractivity contribution in [3.05, 3.63) is 46.5 Å². The van der Waals surface area contributed by atoms with Crippen LogP contribution >= 0.6 is 11.6 Å². The summed E-state index contributed by atoms with van der Waals surface area (Å²) in [5.41, 5.74) is 0.861. The molecule has 0 N–H and O–H groups in total. The standard InChI is InChI=1S/C18H20ClFN4O3/c1-2-27-18(26)13-4-3-7-23(9-13)17(25)16-11-24(22-21-16)10-12-5-6-14(20)8-15(12)19/h5-6,8,11,13H,2-4,7,9-10H2,1H3/t13-/m0/s1. The third-order valence-electron chi connectivity index (χ3n) is 4.43. The molecule has 1 aromatic carbocycles. The fourth-order valence-corrected chi connectivity index (χ4v) is 3.30. The van der Waals surface area contributed by atoms with Gasteiger partial charge in [0.1, 0.15) is 5.82 Å². The predicted octanol–water partition coefficient (Wildman–Crippen LogP) is 2.53. The minimum absolute atomic E-state index is 0.192. The molecule has 0 aliphatic carbocycles. The lowest BCUT2D eigenvalue weighted by Crippen LogP contribution is -2.43. The van der Waals surface area contributed by atoms with Crippen LogP contribution in [-0.2, 0) is 16.1 Å². The van der Waals surface area contributed by atoms with E-state index in [-0.39, 0.29) is 35.1 Å². The first kappa shape index (κ1) is 19.3. The maximum absolute atomic E-state index is 13.1. The van der Waals surface area contributed by atoms with Crippen molar-refractivity contribution >= 4 is 23.5 Å². The Kier molecular flexibility index (Phi) is 6.05. The number of halogens is 2. The summed E-state index contributed by atoms with van der Waals surface area (Å²) in [6.07, 6.45) is 2.96. The van der Waals surface area contributed by atoms with Gasteiger partial charge in [0.05, 0.1) is 25.3 Å². The minimum atomic E-state index is -0.417. The predicted molar refractivity (Wildman–Crippen MR) is 95.8 cm³/mol. The van der Waals surface area contributed by atoms with E-state index in [4.69, 9.17) is 16.3 Å². The van der Waals surface area contributed by atoms with Crippen molar-refractivity contribution in [1.29, 1.82) is 0 Å². The summed E-state index contributed by atoms with van der Waals surface area (Å²) < 4.78 is 19.7. The number of carbonyl (C=O) groups excluding carboxylic acids is 2. The van der Waals surface area contributed by atoms with Crippen LogP contribution in [-0.4, -0.2) is 51.5 Å². The summed E-state index contributed by atoms with van der Waals surface area (Å²) in [6.45, 7) is 3.23. The molecule has 1 aromatic heterocycles. The first-order chi connectivity index (χ1) is 13.0. The van der Waals surface area contributed by atoms with Gasteiger partial charge in [-0.15, -0.1) is 5.10 Å². The molecule has 1 atom stereocenters. The second-order valence-electron chi connectivity index (χ2n) is 6.38. The number of hydrogen-bond acceptors (Lipinski definition) is 5. The summed E-state index contributed by atoms with van der Waals surface area (Å²) in [4.78, 5) is 26.2. The lowest BCUT2D eigenvalue weighted by molar-refractivity contribution is -0.149. The van der Waals surface area contributed by atoms with E-state index in [1.165, 1.54) is 23.0 Å². The molecule has 7 nitrogen and oxygen atoms in total. The first-order valence-corrected chi connectivity index (χ1v) is 9.15. The van der Waals surface area contributed by atoms with Gasteiger partial charge in [-0.1, -0.05) is 22.9 Å². The van der Waals surface area contributed by atoms with Crippen molar-refractivity contribution in [2.24, 2.45) is 5.92 Å². The van der Waals surface area contributed by atoms with Gasteiger partial charge in [-0.25, -0.2) is 9.07 Å². The number of rotatable bonds is 5. The maximum atomic E-state index is 13.1. The zero-order valence-electron chi connectivity index (χ0n) is 14.9. The number of nitrogens with zero attached hydrogens (tertiary/aromatic N) is 4. The molecular formula is C18H20ClFN4O3. The highest BCUT2D eigenvalue weighted by Crippen LogP contribution is 2.20. The zero-order valence-corrected chi connectivity index (χ0v) is 15.7. The lowest BCUT2D eigenvalue weighted by Gasteiger charge is -2.30. The highest BCUT2D eigenvalue weighted by atomic mass is 35.5. The monoisotopic (exact) mass is 394 g/mol. The second-order valence-corrected chi connectivity index (χ2v) is 6.79. The van der Waals surface area contributed by atoms with Crippen LogP contribution in [0.3, 0.4) is 0 Å². The molecule has 0 spiro atoms. The average molecular weight is 395 g/mol. The van der Waals surface area contributed by atoms with Gasteiger partial charge >= 0.3 is 5.97 Å². The molecule has 0 saturated carbocycles. The summed E-state index contributed by atoms with van der Waals surface area (Å²) >= 11 is 6.02. The van der Waals surface area contributed by atoms with Gasteiger partial charge in [0.15, 0.2) is 5.69 Å². The van der Waals surface area contributed by atoms with Crippen LogP contribution in [0.5, 0.6) is 0 Å². The summed E-state index contributed by atoms with van der Waals surface area (Å²) in [5.74, 6) is -1.28. The molecule has 0 unspecified atom stereocenters. The quantitative estimate of drug-likeness (QED) is 0.728. The van der Waals surface area contributed by atoms with Gasteiger partial charge in [-0.2, -0.15) is 0 Å². The average Bonchev–Trinajstić information content (AvgIpc) is 3.12. The van der Waals surface area contributed by atoms with Crippen molar-refractivity contribution in [2.75, 3.05) is 19.7 Å². The van der Waals surface area contributed by atoms with Crippen LogP contribution in [0.4, 0.5) is 4.39 Å². The number of ether oxygens (including phenoxy) is 1. The first-order valence-electron chi connectivity index (χ1n) is 8.78. The Hall–Kier alpha value is -2.48. The van der Waals surface area contributed by atoms with Crippen LogP contribution in [0, 0.1) is 11.7 Å². The largest absolute Gasteiger partial charge is 0.466 e. The highest BCUT2D eigenvalue weighted by molar-refractivity contribution is 6.31. The van der Waals surface area contributed by atoms with Gasteiger partial charge in [0, 0.05) is 18.1 Å². The number of piperidine rings is 1. The van der Waals surface area contributed by atoms with E-state index in [9.17, 15) is 14.0 Å². The van der Waals surface area contributed by atoms with E-state index >= 15 is 0 Å². The summed E-state index contributed by atoms with van der Waals surface area (Å²) in [6, 6.07) is 4.10. The number of carbonyl (C=O) groups is 2. The molecule has 144 valence electrons. The molecule has 1 fully saturated rings. The highest BCUT2D eigenvalue weighted by Gasteiger charge is 2.30. The topological polar surface area (TPSA) is 77.3 Å². The Morgan fingerprint density at radius 1 is 1.41 bits per heavy atom. The molecule has 1 saturated heterocycles. The minimum Gasteiger partial charge on any atom is -0.466 e. The molecule has 9 heteroatoms. The number of esters is 1. The van der Waals surface area contributed by atoms with Crippen LogP contribution in [0.1, 0.15) is 35.8 Å². The van der Waals surface area contributed by atoms with E-state index in [2.05, 4.69) is 10.3 Å². The molecule has 1 amide bonds. The lowest BCUT2D eigenvalue weighted by atomic mass is 9.98. The fourth-order valence-electron chi connectivity index (χ4n) is 3.07. The van der Waals surface area contributed by atoms with Crippen molar-refractivity contribution in [3.63, 3.8) is 0 Å². The molecule has 0 bridgehead atoms. The fraction of sp³-hybridized carbons (Fsp3) is 0.444. The molecule has 3 rings (SSSR count). The number of aromatic nitrogens is 3. The van der Waals surface area contributed by atoms with Crippen molar-refractivity contribution in [3.8, 4) is 0 Å². The second kappa shape index (κ2) is 8.47. The van der Waals surface area contributed by atoms with E-state index in [1.54, 1.807) is 17.9 Å². The van der Waals surface area contributed by atoms with Crippen molar-refractivity contribution in [2.45, 2.75) is 26.3 Å². The van der Waals surface area contributed by atoms with Gasteiger partial charge in [0.25, 0.3) is 5.91 Å². The third kappa shape index (κ3) is 4.63. The summed E-state index contributed by atoms with van der Waals surface area (Å²) in [5, 5.41) is 8.16. The Morgan fingerprint density at radius 3 is 2.96 bits per heavy atom. The number of amides is 1. The number of benzene rings is 1. The van der Waals surface area contributed by atoms with E-state index in [0.717, 1.165) is 6.42 Å². The van der Waals surface area contributed by atoms with Crippen LogP contribution in [0.2, 0.25) is 5.02 Å². The van der Waals surface area contributed by atoms with Crippen LogP contribution in [0.15, 0.2) is 24.4 Å². The maximum Gasteiger partial charge on any atom is 0.310 e. The Labute approximate surface area is 161 Å². The smallest absolute Gasteiger partial charge is 0.310 e. The molecule has 1 aliphatic rings. The third-order valence-corrected chi connectivity index (χ3v) is 4.79. The van der Waals surface area contributed by atoms with Gasteiger partial charge < -0.3 is 9.64 Å². The normalized spacial score (nSPS) is 17.0. The Bertz CT molecular complexity index is 842. The SMILES string of the molecule is CCOC(=O)[C@H]1CCCN(C(=O)c2cn(Cc3ccc(F)cc3Cl)nn2)C1. The molecule has 0 radical (unpaired) electrons. The van der Waals surface area contributed by atoms with Gasteiger partial charge in [-0.3, -0.25) is 9.59 Å². The zero-order chi connectivity index (χ0) is 19.4. The number of hydrogen-bond donors (Lipinski definition) is 0. The van der Waals surface area contributed by atoms with Crippen LogP contribution < -0.4 is 0 Å². The van der Waals surface area contributed by atoms with Gasteiger partial charge in [-0.05, 0) is 37.5 Å². The van der Waals surface area contributed by atoms with E-state index in [1.807, 2.05) is 0 Å². The number of likely N-dealkylation sites (tertiary alicyclic amines) is 1. The molecule has 2 aromatic rings. The van der Waals surface area contributed by atoms with Crippen molar-refractivity contribution < 1.29 is 18.7 Å². The molecule has 1 aliphatic heterocycles. The van der Waals surface area contributed by atoms with Crippen LogP contribution in [0.25, 0.3) is 0 Å².